The number of ether oxygens (including phenoxy) is 3. The van der Waals surface area contributed by atoms with Gasteiger partial charge >= 0.3 is 0 Å². The average Bonchev–Trinajstić information content (AvgIpc) is 2.90. The van der Waals surface area contributed by atoms with Gasteiger partial charge < -0.3 is 19.9 Å². The summed E-state index contributed by atoms with van der Waals surface area (Å²) in [6.07, 6.45) is 3.17. The lowest BCUT2D eigenvalue weighted by Gasteiger charge is -2.18. The van der Waals surface area contributed by atoms with Gasteiger partial charge in [0, 0.05) is 12.6 Å². The molecule has 21 heavy (non-hydrogen) atoms. The van der Waals surface area contributed by atoms with Crippen LogP contribution in [0.15, 0.2) is 16.6 Å². The van der Waals surface area contributed by atoms with Crippen molar-refractivity contribution in [2.24, 2.45) is 5.73 Å². The summed E-state index contributed by atoms with van der Waals surface area (Å²) in [5.74, 6) is 1.52. The molecular weight excluding hydrogens is 334 g/mol. The summed E-state index contributed by atoms with van der Waals surface area (Å²) in [6, 6.07) is 4.18. The first-order valence-corrected chi connectivity index (χ1v) is 8.34. The van der Waals surface area contributed by atoms with Crippen LogP contribution in [0.3, 0.4) is 0 Å². The summed E-state index contributed by atoms with van der Waals surface area (Å²) in [4.78, 5) is 0. The molecule has 2 rings (SSSR count). The fourth-order valence-corrected chi connectivity index (χ4v) is 3.07. The molecule has 2 atom stereocenters. The molecule has 5 heteroatoms. The van der Waals surface area contributed by atoms with Crippen molar-refractivity contribution in [2.45, 2.75) is 45.3 Å². The Balaban J connectivity index is 2.13. The van der Waals surface area contributed by atoms with E-state index in [1.165, 1.54) is 0 Å². The molecule has 0 bridgehead atoms. The molecule has 1 aromatic rings. The first-order chi connectivity index (χ1) is 10.1. The van der Waals surface area contributed by atoms with Crippen LogP contribution in [0.25, 0.3) is 0 Å². The smallest absolute Gasteiger partial charge is 0.175 e. The molecule has 0 spiro atoms. The van der Waals surface area contributed by atoms with E-state index in [4.69, 9.17) is 19.9 Å². The Morgan fingerprint density at radius 2 is 2.24 bits per heavy atom. The van der Waals surface area contributed by atoms with Crippen LogP contribution in [-0.2, 0) is 11.2 Å². The van der Waals surface area contributed by atoms with Crippen LogP contribution in [0.1, 0.15) is 32.3 Å². The monoisotopic (exact) mass is 357 g/mol. The van der Waals surface area contributed by atoms with Crippen molar-refractivity contribution < 1.29 is 14.2 Å². The lowest BCUT2D eigenvalue weighted by Crippen LogP contribution is -2.18. The van der Waals surface area contributed by atoms with E-state index in [1.54, 1.807) is 0 Å². The Bertz CT molecular complexity index is 459. The summed E-state index contributed by atoms with van der Waals surface area (Å²) < 4.78 is 18.2. The third-order valence-electron chi connectivity index (χ3n) is 3.36. The Hall–Kier alpha value is -0.780. The molecule has 0 aliphatic carbocycles. The molecule has 4 nitrogen and oxygen atoms in total. The highest BCUT2D eigenvalue weighted by molar-refractivity contribution is 9.10. The number of halogens is 1. The van der Waals surface area contributed by atoms with E-state index in [0.29, 0.717) is 13.2 Å². The molecule has 1 aliphatic heterocycles. The highest BCUT2D eigenvalue weighted by Crippen LogP contribution is 2.37. The Morgan fingerprint density at radius 1 is 1.43 bits per heavy atom. The molecule has 118 valence electrons. The minimum Gasteiger partial charge on any atom is -0.490 e. The Labute approximate surface area is 135 Å². The van der Waals surface area contributed by atoms with Crippen molar-refractivity contribution in [3.05, 3.63) is 22.2 Å². The van der Waals surface area contributed by atoms with Crippen molar-refractivity contribution in [1.82, 2.24) is 0 Å². The minimum absolute atomic E-state index is 0.116. The fourth-order valence-electron chi connectivity index (χ4n) is 2.47. The molecule has 1 aromatic carbocycles. The van der Waals surface area contributed by atoms with E-state index in [-0.39, 0.29) is 12.1 Å². The van der Waals surface area contributed by atoms with Crippen LogP contribution in [0.5, 0.6) is 11.5 Å². The zero-order valence-corrected chi connectivity index (χ0v) is 14.3. The Kier molecular flexibility index (Phi) is 6.33. The Morgan fingerprint density at radius 3 is 2.86 bits per heavy atom. The van der Waals surface area contributed by atoms with Crippen molar-refractivity contribution >= 4 is 15.9 Å². The zero-order valence-electron chi connectivity index (χ0n) is 12.7. The summed E-state index contributed by atoms with van der Waals surface area (Å²) in [5, 5.41) is 0. The molecule has 2 unspecified atom stereocenters. The van der Waals surface area contributed by atoms with E-state index >= 15 is 0 Å². The molecular formula is C16H24BrNO3. The molecule has 1 saturated heterocycles. The van der Waals surface area contributed by atoms with Crippen molar-refractivity contribution in [1.29, 1.82) is 0 Å². The summed E-state index contributed by atoms with van der Waals surface area (Å²) in [7, 11) is 0. The number of hydrogen-bond acceptors (Lipinski definition) is 4. The van der Waals surface area contributed by atoms with Gasteiger partial charge in [-0.25, -0.2) is 0 Å². The first-order valence-electron chi connectivity index (χ1n) is 7.55. The topological polar surface area (TPSA) is 53.7 Å². The van der Waals surface area contributed by atoms with Gasteiger partial charge in [-0.2, -0.15) is 0 Å². The second kappa shape index (κ2) is 8.01. The summed E-state index contributed by atoms with van der Waals surface area (Å²) >= 11 is 3.58. The normalized spacial score (nSPS) is 19.5. The van der Waals surface area contributed by atoms with Gasteiger partial charge in [0.05, 0.1) is 17.2 Å². The van der Waals surface area contributed by atoms with Crippen LogP contribution in [-0.4, -0.2) is 32.0 Å². The van der Waals surface area contributed by atoms with Crippen LogP contribution < -0.4 is 15.2 Å². The van der Waals surface area contributed by atoms with Crippen molar-refractivity contribution in [2.75, 3.05) is 19.8 Å². The molecule has 1 fully saturated rings. The second-order valence-corrected chi connectivity index (χ2v) is 6.32. The van der Waals surface area contributed by atoms with Crippen molar-refractivity contribution in [3.8, 4) is 11.5 Å². The van der Waals surface area contributed by atoms with E-state index in [1.807, 2.05) is 19.9 Å². The van der Waals surface area contributed by atoms with Gasteiger partial charge in [-0.3, -0.25) is 0 Å². The van der Waals surface area contributed by atoms with E-state index in [2.05, 4.69) is 22.0 Å². The molecule has 0 amide bonds. The van der Waals surface area contributed by atoms with Gasteiger partial charge in [-0.1, -0.05) is 0 Å². The zero-order chi connectivity index (χ0) is 15.2. The molecule has 0 saturated carbocycles. The van der Waals surface area contributed by atoms with Gasteiger partial charge in [-0.15, -0.1) is 0 Å². The maximum atomic E-state index is 5.94. The molecule has 0 radical (unpaired) electrons. The highest BCUT2D eigenvalue weighted by Gasteiger charge is 2.19. The van der Waals surface area contributed by atoms with Crippen LogP contribution >= 0.6 is 15.9 Å². The van der Waals surface area contributed by atoms with Gasteiger partial charge in [0.2, 0.25) is 0 Å². The highest BCUT2D eigenvalue weighted by atomic mass is 79.9. The SMILES string of the molecule is CCOc1cc(CC(C)N)cc(Br)c1OCC1CCCO1. The molecule has 2 N–H and O–H groups in total. The maximum Gasteiger partial charge on any atom is 0.175 e. The maximum absolute atomic E-state index is 5.94. The predicted molar refractivity (Wildman–Crippen MR) is 87.1 cm³/mol. The van der Waals surface area contributed by atoms with Crippen LogP contribution in [0, 0.1) is 0 Å². The molecule has 1 aliphatic rings. The van der Waals surface area contributed by atoms with Gasteiger partial charge in [0.25, 0.3) is 0 Å². The minimum atomic E-state index is 0.116. The number of hydrogen-bond donors (Lipinski definition) is 1. The van der Waals surface area contributed by atoms with Crippen LogP contribution in [0.4, 0.5) is 0 Å². The molecule has 1 heterocycles. The average molecular weight is 358 g/mol. The third kappa shape index (κ3) is 4.87. The van der Waals surface area contributed by atoms with Gasteiger partial charge in [0.15, 0.2) is 11.5 Å². The quantitative estimate of drug-likeness (QED) is 0.813. The molecule has 0 aromatic heterocycles. The standard InChI is InChI=1S/C16H24BrNO3/c1-3-19-15-9-12(7-11(2)18)8-14(17)16(15)21-10-13-5-4-6-20-13/h8-9,11,13H,3-7,10,18H2,1-2H3. The summed E-state index contributed by atoms with van der Waals surface area (Å²) in [6.45, 7) is 5.96. The van der Waals surface area contributed by atoms with E-state index in [9.17, 15) is 0 Å². The number of nitrogens with two attached hydrogens (primary N) is 1. The van der Waals surface area contributed by atoms with Crippen LogP contribution in [0.2, 0.25) is 0 Å². The predicted octanol–water partition coefficient (Wildman–Crippen LogP) is 3.30. The van der Waals surface area contributed by atoms with Gasteiger partial charge in [-0.05, 0) is 66.7 Å². The first kappa shape index (κ1) is 16.6. The van der Waals surface area contributed by atoms with E-state index < -0.39 is 0 Å². The number of benzene rings is 1. The van der Waals surface area contributed by atoms with Gasteiger partial charge in [0.1, 0.15) is 6.61 Å². The van der Waals surface area contributed by atoms with E-state index in [0.717, 1.165) is 47.4 Å². The lowest BCUT2D eigenvalue weighted by molar-refractivity contribution is 0.0664. The number of rotatable bonds is 7. The van der Waals surface area contributed by atoms with Crippen molar-refractivity contribution in [3.63, 3.8) is 0 Å². The summed E-state index contributed by atoms with van der Waals surface area (Å²) in [5.41, 5.74) is 7.02. The second-order valence-electron chi connectivity index (χ2n) is 5.47. The lowest BCUT2D eigenvalue weighted by atomic mass is 10.1. The largest absolute Gasteiger partial charge is 0.490 e. The fraction of sp³-hybridized carbons (Fsp3) is 0.625. The third-order valence-corrected chi connectivity index (χ3v) is 3.95.